The lowest BCUT2D eigenvalue weighted by Gasteiger charge is -2.20. The van der Waals surface area contributed by atoms with Crippen LogP contribution in [0.1, 0.15) is 18.9 Å². The standard InChI is InChI=1S/C13H19NO4S/c1-2-14(7-3-8-15)19(16,17)12-4-5-13-11(10-12)6-9-18-13/h4-5,10,15H,2-3,6-9H2,1H3. The van der Waals surface area contributed by atoms with E-state index < -0.39 is 10.0 Å². The maximum Gasteiger partial charge on any atom is 0.243 e. The van der Waals surface area contributed by atoms with Crippen molar-refractivity contribution in [3.8, 4) is 5.75 Å². The lowest BCUT2D eigenvalue weighted by molar-refractivity contribution is 0.271. The van der Waals surface area contributed by atoms with E-state index in [9.17, 15) is 8.42 Å². The second-order valence-corrected chi connectivity index (χ2v) is 6.38. The molecule has 1 aromatic carbocycles. The van der Waals surface area contributed by atoms with E-state index >= 15 is 0 Å². The van der Waals surface area contributed by atoms with Gasteiger partial charge in [0.2, 0.25) is 10.0 Å². The summed E-state index contributed by atoms with van der Waals surface area (Å²) in [5.74, 6) is 0.775. The first-order valence-electron chi connectivity index (χ1n) is 6.46. The number of benzene rings is 1. The molecule has 6 heteroatoms. The van der Waals surface area contributed by atoms with E-state index in [1.54, 1.807) is 25.1 Å². The largest absolute Gasteiger partial charge is 0.493 e. The molecule has 2 rings (SSSR count). The SMILES string of the molecule is CCN(CCCO)S(=O)(=O)c1ccc2c(c1)CCO2. The fraction of sp³-hybridized carbons (Fsp3) is 0.538. The maximum absolute atomic E-state index is 12.5. The van der Waals surface area contributed by atoms with Crippen LogP contribution in [-0.2, 0) is 16.4 Å². The van der Waals surface area contributed by atoms with Gasteiger partial charge < -0.3 is 9.84 Å². The highest BCUT2D eigenvalue weighted by molar-refractivity contribution is 7.89. The number of fused-ring (bicyclic) bond motifs is 1. The molecular formula is C13H19NO4S. The van der Waals surface area contributed by atoms with Gasteiger partial charge >= 0.3 is 0 Å². The Balaban J connectivity index is 2.27. The van der Waals surface area contributed by atoms with E-state index in [1.807, 2.05) is 0 Å². The third kappa shape index (κ3) is 2.91. The van der Waals surface area contributed by atoms with Gasteiger partial charge in [-0.05, 0) is 30.2 Å². The lowest BCUT2D eigenvalue weighted by atomic mass is 10.2. The Morgan fingerprint density at radius 2 is 2.21 bits per heavy atom. The van der Waals surface area contributed by atoms with Crippen molar-refractivity contribution >= 4 is 10.0 Å². The highest BCUT2D eigenvalue weighted by atomic mass is 32.2. The quantitative estimate of drug-likeness (QED) is 0.847. The van der Waals surface area contributed by atoms with Gasteiger partial charge in [0.25, 0.3) is 0 Å². The summed E-state index contributed by atoms with van der Waals surface area (Å²) in [7, 11) is -3.48. The summed E-state index contributed by atoms with van der Waals surface area (Å²) in [6.45, 7) is 3.13. The molecule has 0 bridgehead atoms. The molecule has 0 amide bonds. The number of sulfonamides is 1. The van der Waals surface area contributed by atoms with Crippen LogP contribution in [0.15, 0.2) is 23.1 Å². The van der Waals surface area contributed by atoms with Crippen molar-refractivity contribution in [3.63, 3.8) is 0 Å². The first kappa shape index (κ1) is 14.3. The first-order valence-corrected chi connectivity index (χ1v) is 7.90. The maximum atomic E-state index is 12.5. The van der Waals surface area contributed by atoms with Crippen molar-refractivity contribution < 1.29 is 18.3 Å². The van der Waals surface area contributed by atoms with Crippen LogP contribution in [0.4, 0.5) is 0 Å². The number of aliphatic hydroxyl groups excluding tert-OH is 1. The molecule has 0 aromatic heterocycles. The Kier molecular flexibility index (Phi) is 4.44. The molecule has 0 atom stereocenters. The van der Waals surface area contributed by atoms with E-state index in [4.69, 9.17) is 9.84 Å². The molecule has 0 aliphatic carbocycles. The fourth-order valence-electron chi connectivity index (χ4n) is 2.17. The Bertz CT molecular complexity index is 542. The number of ether oxygens (including phenoxy) is 1. The van der Waals surface area contributed by atoms with Gasteiger partial charge in [-0.3, -0.25) is 0 Å². The summed E-state index contributed by atoms with van der Waals surface area (Å²) in [4.78, 5) is 0.302. The minimum Gasteiger partial charge on any atom is -0.493 e. The summed E-state index contributed by atoms with van der Waals surface area (Å²) >= 11 is 0. The molecule has 1 aliphatic rings. The first-order chi connectivity index (χ1) is 9.09. The summed E-state index contributed by atoms with van der Waals surface area (Å²) in [5.41, 5.74) is 0.944. The third-order valence-corrected chi connectivity index (χ3v) is 5.19. The molecule has 19 heavy (non-hydrogen) atoms. The summed E-state index contributed by atoms with van der Waals surface area (Å²) in [6, 6.07) is 5.00. The van der Waals surface area contributed by atoms with Crippen LogP contribution in [-0.4, -0.2) is 44.1 Å². The fourth-order valence-corrected chi connectivity index (χ4v) is 3.71. The number of nitrogens with zero attached hydrogens (tertiary/aromatic N) is 1. The van der Waals surface area contributed by atoms with Gasteiger partial charge in [0.05, 0.1) is 11.5 Å². The molecule has 1 N–H and O–H groups in total. The van der Waals surface area contributed by atoms with E-state index in [-0.39, 0.29) is 6.61 Å². The zero-order valence-electron chi connectivity index (χ0n) is 11.0. The predicted molar refractivity (Wildman–Crippen MR) is 71.8 cm³/mol. The third-order valence-electron chi connectivity index (χ3n) is 3.22. The van der Waals surface area contributed by atoms with Crippen molar-refractivity contribution in [2.45, 2.75) is 24.7 Å². The summed E-state index contributed by atoms with van der Waals surface area (Å²) in [5, 5.41) is 8.84. The van der Waals surface area contributed by atoms with Gasteiger partial charge in [-0.15, -0.1) is 0 Å². The molecule has 1 heterocycles. The van der Waals surface area contributed by atoms with Gasteiger partial charge in [-0.25, -0.2) is 8.42 Å². The van der Waals surface area contributed by atoms with E-state index in [0.29, 0.717) is 31.0 Å². The minimum absolute atomic E-state index is 0.00987. The van der Waals surface area contributed by atoms with Crippen LogP contribution >= 0.6 is 0 Å². The van der Waals surface area contributed by atoms with Gasteiger partial charge in [0.1, 0.15) is 5.75 Å². The van der Waals surface area contributed by atoms with Crippen molar-refractivity contribution in [1.82, 2.24) is 4.31 Å². The Hall–Kier alpha value is -1.11. The van der Waals surface area contributed by atoms with Gasteiger partial charge in [0, 0.05) is 26.1 Å². The van der Waals surface area contributed by atoms with Gasteiger partial charge in [0.15, 0.2) is 0 Å². The zero-order valence-corrected chi connectivity index (χ0v) is 11.8. The van der Waals surface area contributed by atoms with Crippen LogP contribution in [0.25, 0.3) is 0 Å². The van der Waals surface area contributed by atoms with Crippen molar-refractivity contribution in [3.05, 3.63) is 23.8 Å². The van der Waals surface area contributed by atoms with Gasteiger partial charge in [-0.2, -0.15) is 4.31 Å². The zero-order chi connectivity index (χ0) is 13.9. The molecule has 0 spiro atoms. The van der Waals surface area contributed by atoms with Crippen LogP contribution in [0.5, 0.6) is 5.75 Å². The molecule has 106 valence electrons. The molecule has 0 saturated heterocycles. The highest BCUT2D eigenvalue weighted by Gasteiger charge is 2.24. The normalized spacial score (nSPS) is 14.5. The Morgan fingerprint density at radius 3 is 2.89 bits per heavy atom. The van der Waals surface area contributed by atoms with Crippen LogP contribution in [0.3, 0.4) is 0 Å². The smallest absolute Gasteiger partial charge is 0.243 e. The lowest BCUT2D eigenvalue weighted by Crippen LogP contribution is -2.32. The average molecular weight is 285 g/mol. The minimum atomic E-state index is -3.48. The molecule has 5 nitrogen and oxygen atoms in total. The Morgan fingerprint density at radius 1 is 1.42 bits per heavy atom. The van der Waals surface area contributed by atoms with Crippen LogP contribution in [0.2, 0.25) is 0 Å². The molecule has 0 radical (unpaired) electrons. The number of hydrogen-bond acceptors (Lipinski definition) is 4. The van der Waals surface area contributed by atoms with Gasteiger partial charge in [-0.1, -0.05) is 6.92 Å². The molecule has 1 aliphatic heterocycles. The van der Waals surface area contributed by atoms with Crippen molar-refractivity contribution in [2.75, 3.05) is 26.3 Å². The van der Waals surface area contributed by atoms with Crippen molar-refractivity contribution in [1.29, 1.82) is 0 Å². The van der Waals surface area contributed by atoms with Crippen LogP contribution in [0, 0.1) is 0 Å². The monoisotopic (exact) mass is 285 g/mol. The highest BCUT2D eigenvalue weighted by Crippen LogP contribution is 2.28. The number of rotatable bonds is 6. The average Bonchev–Trinajstić information content (AvgIpc) is 2.86. The second-order valence-electron chi connectivity index (χ2n) is 4.44. The summed E-state index contributed by atoms with van der Waals surface area (Å²) in [6.07, 6.45) is 1.20. The topological polar surface area (TPSA) is 66.8 Å². The Labute approximate surface area is 113 Å². The molecular weight excluding hydrogens is 266 g/mol. The second kappa shape index (κ2) is 5.90. The van der Waals surface area contributed by atoms with E-state index in [2.05, 4.69) is 0 Å². The number of hydrogen-bond donors (Lipinski definition) is 1. The number of aliphatic hydroxyl groups is 1. The predicted octanol–water partition coefficient (Wildman–Crippen LogP) is 1.01. The molecule has 0 saturated carbocycles. The van der Waals surface area contributed by atoms with Crippen LogP contribution < -0.4 is 4.74 Å². The van der Waals surface area contributed by atoms with E-state index in [1.165, 1.54) is 4.31 Å². The summed E-state index contributed by atoms with van der Waals surface area (Å²) < 4.78 is 31.7. The molecule has 0 unspecified atom stereocenters. The van der Waals surface area contributed by atoms with Crippen molar-refractivity contribution in [2.24, 2.45) is 0 Å². The van der Waals surface area contributed by atoms with E-state index in [0.717, 1.165) is 17.7 Å². The molecule has 1 aromatic rings. The molecule has 0 fully saturated rings.